The average molecular weight is 265 g/mol. The third-order valence-corrected chi connectivity index (χ3v) is 3.22. The van der Waals surface area contributed by atoms with Crippen LogP contribution in [0.15, 0.2) is 42.5 Å². The van der Waals surface area contributed by atoms with Crippen LogP contribution in [0.5, 0.6) is 0 Å². The fourth-order valence-electron chi connectivity index (χ4n) is 1.97. The molecule has 0 aliphatic carbocycles. The molecule has 0 aromatic heterocycles. The highest BCUT2D eigenvalue weighted by Gasteiger charge is 2.14. The molecule has 0 aliphatic rings. The van der Waals surface area contributed by atoms with E-state index in [1.165, 1.54) is 12.1 Å². The van der Waals surface area contributed by atoms with Gasteiger partial charge in [-0.3, -0.25) is 0 Å². The lowest BCUT2D eigenvalue weighted by Gasteiger charge is -2.15. The number of aliphatic hydroxyl groups excluding tert-OH is 1. The second-order valence-corrected chi connectivity index (χ2v) is 4.59. The number of hydrogen-bond acceptors (Lipinski definition) is 1. The zero-order valence-corrected chi connectivity index (χ0v) is 10.8. The van der Waals surface area contributed by atoms with Gasteiger partial charge in [0.2, 0.25) is 0 Å². The van der Waals surface area contributed by atoms with Crippen LogP contribution in [-0.4, -0.2) is 5.11 Å². The quantitative estimate of drug-likeness (QED) is 0.884. The third-order valence-electron chi connectivity index (χ3n) is 2.97. The van der Waals surface area contributed by atoms with Gasteiger partial charge in [-0.1, -0.05) is 36.7 Å². The van der Waals surface area contributed by atoms with Crippen molar-refractivity contribution in [1.82, 2.24) is 0 Å². The first kappa shape index (κ1) is 13.1. The number of rotatable bonds is 3. The van der Waals surface area contributed by atoms with Gasteiger partial charge in [0.1, 0.15) is 11.9 Å². The van der Waals surface area contributed by atoms with Gasteiger partial charge in [0.25, 0.3) is 0 Å². The van der Waals surface area contributed by atoms with E-state index >= 15 is 0 Å². The van der Waals surface area contributed by atoms with Gasteiger partial charge in [0.15, 0.2) is 0 Å². The fraction of sp³-hybridized carbons (Fsp3) is 0.200. The minimum Gasteiger partial charge on any atom is -0.384 e. The molecular weight excluding hydrogens is 251 g/mol. The topological polar surface area (TPSA) is 20.2 Å². The number of aryl methyl sites for hydroxylation is 1. The SMILES string of the molecule is CCc1cc(F)ccc1C(O)c1ccc(Cl)cc1. The molecule has 94 valence electrons. The molecule has 18 heavy (non-hydrogen) atoms. The molecule has 2 aromatic rings. The van der Waals surface area contributed by atoms with Gasteiger partial charge in [-0.2, -0.15) is 0 Å². The molecule has 0 aliphatic heterocycles. The molecule has 0 saturated heterocycles. The van der Waals surface area contributed by atoms with Crippen LogP contribution in [-0.2, 0) is 6.42 Å². The smallest absolute Gasteiger partial charge is 0.123 e. The fourth-order valence-corrected chi connectivity index (χ4v) is 2.10. The second-order valence-electron chi connectivity index (χ2n) is 4.15. The zero-order chi connectivity index (χ0) is 13.1. The van der Waals surface area contributed by atoms with Gasteiger partial charge in [-0.15, -0.1) is 0 Å². The molecule has 0 fully saturated rings. The Morgan fingerprint density at radius 3 is 2.44 bits per heavy atom. The monoisotopic (exact) mass is 264 g/mol. The van der Waals surface area contributed by atoms with Crippen LogP contribution in [0.4, 0.5) is 4.39 Å². The van der Waals surface area contributed by atoms with Crippen molar-refractivity contribution in [1.29, 1.82) is 0 Å². The number of hydrogen-bond donors (Lipinski definition) is 1. The predicted molar refractivity (Wildman–Crippen MR) is 71.3 cm³/mol. The van der Waals surface area contributed by atoms with Crippen LogP contribution in [0, 0.1) is 5.82 Å². The molecule has 0 amide bonds. The van der Waals surface area contributed by atoms with Gasteiger partial charge >= 0.3 is 0 Å². The summed E-state index contributed by atoms with van der Waals surface area (Å²) >= 11 is 5.81. The number of benzene rings is 2. The largest absolute Gasteiger partial charge is 0.384 e. The van der Waals surface area contributed by atoms with Gasteiger partial charge in [-0.05, 0) is 47.4 Å². The first-order valence-corrected chi connectivity index (χ1v) is 6.21. The summed E-state index contributed by atoms with van der Waals surface area (Å²) in [5.41, 5.74) is 2.30. The molecular formula is C15H14ClFO. The van der Waals surface area contributed by atoms with E-state index in [1.807, 2.05) is 6.92 Å². The molecule has 0 heterocycles. The van der Waals surface area contributed by atoms with Crippen LogP contribution in [0.1, 0.15) is 29.7 Å². The highest BCUT2D eigenvalue weighted by atomic mass is 35.5. The Morgan fingerprint density at radius 1 is 1.17 bits per heavy atom. The summed E-state index contributed by atoms with van der Waals surface area (Å²) in [6.45, 7) is 1.94. The highest BCUT2D eigenvalue weighted by Crippen LogP contribution is 2.26. The lowest BCUT2D eigenvalue weighted by Crippen LogP contribution is -2.03. The van der Waals surface area contributed by atoms with Gasteiger partial charge in [0, 0.05) is 5.02 Å². The molecule has 0 bridgehead atoms. The molecule has 1 unspecified atom stereocenters. The maximum atomic E-state index is 13.2. The van der Waals surface area contributed by atoms with Crippen molar-refractivity contribution < 1.29 is 9.50 Å². The van der Waals surface area contributed by atoms with E-state index in [0.717, 1.165) is 16.7 Å². The second kappa shape index (κ2) is 5.51. The van der Waals surface area contributed by atoms with Crippen LogP contribution < -0.4 is 0 Å². The van der Waals surface area contributed by atoms with E-state index in [4.69, 9.17) is 11.6 Å². The zero-order valence-electron chi connectivity index (χ0n) is 10.0. The maximum Gasteiger partial charge on any atom is 0.123 e. The third kappa shape index (κ3) is 2.71. The molecule has 1 atom stereocenters. The van der Waals surface area contributed by atoms with Crippen molar-refractivity contribution >= 4 is 11.6 Å². The van der Waals surface area contributed by atoms with Crippen LogP contribution in [0.3, 0.4) is 0 Å². The van der Waals surface area contributed by atoms with Crippen LogP contribution in [0.2, 0.25) is 5.02 Å². The number of aliphatic hydroxyl groups is 1. The van der Waals surface area contributed by atoms with Crippen molar-refractivity contribution in [3.05, 3.63) is 70.0 Å². The Morgan fingerprint density at radius 2 is 1.83 bits per heavy atom. The summed E-state index contributed by atoms with van der Waals surface area (Å²) in [4.78, 5) is 0. The van der Waals surface area contributed by atoms with E-state index in [1.54, 1.807) is 30.3 Å². The van der Waals surface area contributed by atoms with Gasteiger partial charge in [-0.25, -0.2) is 4.39 Å². The minimum absolute atomic E-state index is 0.279. The molecule has 1 nitrogen and oxygen atoms in total. The average Bonchev–Trinajstić information content (AvgIpc) is 2.38. The van der Waals surface area contributed by atoms with Gasteiger partial charge in [0.05, 0.1) is 0 Å². The molecule has 0 radical (unpaired) electrons. The molecule has 2 aromatic carbocycles. The summed E-state index contributed by atoms with van der Waals surface area (Å²) < 4.78 is 13.2. The standard InChI is InChI=1S/C15H14ClFO/c1-2-10-9-13(17)7-8-14(10)15(18)11-3-5-12(16)6-4-11/h3-9,15,18H,2H2,1H3. The highest BCUT2D eigenvalue weighted by molar-refractivity contribution is 6.30. The van der Waals surface area contributed by atoms with E-state index in [-0.39, 0.29) is 5.82 Å². The Labute approximate surface area is 111 Å². The van der Waals surface area contributed by atoms with Crippen LogP contribution in [0.25, 0.3) is 0 Å². The van der Waals surface area contributed by atoms with Crippen molar-refractivity contribution in [3.63, 3.8) is 0 Å². The van der Waals surface area contributed by atoms with Crippen molar-refractivity contribution in [2.24, 2.45) is 0 Å². The van der Waals surface area contributed by atoms with Crippen molar-refractivity contribution in [2.45, 2.75) is 19.4 Å². The summed E-state index contributed by atoms with van der Waals surface area (Å²) in [7, 11) is 0. The molecule has 0 spiro atoms. The lowest BCUT2D eigenvalue weighted by molar-refractivity contribution is 0.219. The van der Waals surface area contributed by atoms with E-state index < -0.39 is 6.10 Å². The summed E-state index contributed by atoms with van der Waals surface area (Å²) in [5.74, 6) is -0.279. The Balaban J connectivity index is 2.39. The Hall–Kier alpha value is -1.38. The summed E-state index contributed by atoms with van der Waals surface area (Å²) in [5, 5.41) is 10.9. The van der Waals surface area contributed by atoms with Gasteiger partial charge < -0.3 is 5.11 Å². The first-order chi connectivity index (χ1) is 8.61. The van der Waals surface area contributed by atoms with Crippen molar-refractivity contribution in [2.75, 3.05) is 0 Å². The molecule has 3 heteroatoms. The van der Waals surface area contributed by atoms with E-state index in [0.29, 0.717) is 11.4 Å². The van der Waals surface area contributed by atoms with Crippen molar-refractivity contribution in [3.8, 4) is 0 Å². The maximum absolute atomic E-state index is 13.2. The van der Waals surface area contributed by atoms with Crippen LogP contribution >= 0.6 is 11.6 Å². The summed E-state index contributed by atoms with van der Waals surface area (Å²) in [6, 6.07) is 11.5. The lowest BCUT2D eigenvalue weighted by atomic mass is 9.95. The molecule has 2 rings (SSSR count). The summed E-state index contributed by atoms with van der Waals surface area (Å²) in [6.07, 6.45) is -0.0737. The Bertz CT molecular complexity index is 537. The molecule has 0 saturated carbocycles. The van der Waals surface area contributed by atoms with E-state index in [2.05, 4.69) is 0 Å². The normalized spacial score (nSPS) is 12.4. The predicted octanol–water partition coefficient (Wildman–Crippen LogP) is 4.12. The first-order valence-electron chi connectivity index (χ1n) is 5.83. The number of halogens is 2. The van der Waals surface area contributed by atoms with E-state index in [9.17, 15) is 9.50 Å². The Kier molecular flexibility index (Phi) is 4.00. The minimum atomic E-state index is -0.752. The molecule has 1 N–H and O–H groups in total.